The summed E-state index contributed by atoms with van der Waals surface area (Å²) in [5, 5.41) is 5.46. The molecule has 136 valence electrons. The van der Waals surface area contributed by atoms with Crippen molar-refractivity contribution < 1.29 is 9.59 Å². The molecule has 2 heterocycles. The van der Waals surface area contributed by atoms with Crippen LogP contribution in [0.15, 0.2) is 36.7 Å². The van der Waals surface area contributed by atoms with Crippen LogP contribution in [0.5, 0.6) is 0 Å². The molecule has 2 amide bonds. The number of hydrogen-bond donors (Lipinski definition) is 2. The van der Waals surface area contributed by atoms with Gasteiger partial charge in [-0.3, -0.25) is 9.59 Å². The summed E-state index contributed by atoms with van der Waals surface area (Å²) >= 11 is 0. The fraction of sp³-hybridized carbons (Fsp3) is 0.368. The predicted octanol–water partition coefficient (Wildman–Crippen LogP) is 3.07. The number of carbonyl (C=O) groups excluding carboxylic acids is 2. The summed E-state index contributed by atoms with van der Waals surface area (Å²) in [5.74, 6) is 0.319. The van der Waals surface area contributed by atoms with Gasteiger partial charge in [0.2, 0.25) is 5.91 Å². The molecule has 0 saturated carbocycles. The molecule has 7 heteroatoms. The van der Waals surface area contributed by atoms with Gasteiger partial charge in [0.1, 0.15) is 11.5 Å². The molecular weight excluding hydrogens is 330 g/mol. The quantitative estimate of drug-likeness (QED) is 0.882. The fourth-order valence-corrected chi connectivity index (χ4v) is 2.97. The fourth-order valence-electron chi connectivity index (χ4n) is 2.97. The summed E-state index contributed by atoms with van der Waals surface area (Å²) in [6.07, 6.45) is 7.99. The molecule has 26 heavy (non-hydrogen) atoms. The standard InChI is InChI=1S/C19H23N5O2/c1-14(25)22-15-7-6-8-16(11-15)23-19(26)17-12-21-18(13-20-17)24-9-4-2-3-5-10-24/h6-8,11-13H,2-5,9-10H2,1H3,(H,22,25)(H,23,26). The van der Waals surface area contributed by atoms with Crippen LogP contribution in [-0.4, -0.2) is 34.9 Å². The van der Waals surface area contributed by atoms with Crippen LogP contribution in [0.1, 0.15) is 43.1 Å². The van der Waals surface area contributed by atoms with Crippen molar-refractivity contribution in [2.45, 2.75) is 32.6 Å². The highest BCUT2D eigenvalue weighted by Gasteiger charge is 2.14. The van der Waals surface area contributed by atoms with E-state index < -0.39 is 0 Å². The number of aromatic nitrogens is 2. The maximum atomic E-state index is 12.4. The zero-order valence-electron chi connectivity index (χ0n) is 14.9. The second-order valence-electron chi connectivity index (χ2n) is 6.38. The number of nitrogens with one attached hydrogen (secondary N) is 2. The van der Waals surface area contributed by atoms with E-state index in [-0.39, 0.29) is 17.5 Å². The Hall–Kier alpha value is -2.96. The lowest BCUT2D eigenvalue weighted by Gasteiger charge is -2.20. The lowest BCUT2D eigenvalue weighted by atomic mass is 10.2. The number of amides is 2. The first-order chi connectivity index (χ1) is 12.6. The predicted molar refractivity (Wildman–Crippen MR) is 101 cm³/mol. The molecule has 2 N–H and O–H groups in total. The van der Waals surface area contributed by atoms with Crippen LogP contribution in [0.2, 0.25) is 0 Å². The molecule has 1 aromatic carbocycles. The SMILES string of the molecule is CC(=O)Nc1cccc(NC(=O)c2cnc(N3CCCCCC3)cn2)c1. The summed E-state index contributed by atoms with van der Waals surface area (Å²) in [7, 11) is 0. The average molecular weight is 353 g/mol. The molecule has 1 aliphatic heterocycles. The van der Waals surface area contributed by atoms with Crippen molar-refractivity contribution >= 4 is 29.0 Å². The van der Waals surface area contributed by atoms with Crippen LogP contribution in [0.3, 0.4) is 0 Å². The molecule has 1 saturated heterocycles. The van der Waals surface area contributed by atoms with Gasteiger partial charge in [-0.1, -0.05) is 18.9 Å². The van der Waals surface area contributed by atoms with Crippen molar-refractivity contribution in [2.75, 3.05) is 28.6 Å². The third-order valence-electron chi connectivity index (χ3n) is 4.24. The maximum Gasteiger partial charge on any atom is 0.275 e. The monoisotopic (exact) mass is 353 g/mol. The molecule has 0 atom stereocenters. The number of rotatable bonds is 4. The third kappa shape index (κ3) is 4.78. The highest BCUT2D eigenvalue weighted by molar-refractivity contribution is 6.03. The molecule has 0 unspecified atom stereocenters. The second-order valence-corrected chi connectivity index (χ2v) is 6.38. The summed E-state index contributed by atoms with van der Waals surface area (Å²) in [6, 6.07) is 6.96. The zero-order valence-corrected chi connectivity index (χ0v) is 14.9. The third-order valence-corrected chi connectivity index (χ3v) is 4.24. The van der Waals surface area contributed by atoms with Crippen molar-refractivity contribution in [3.8, 4) is 0 Å². The smallest absolute Gasteiger partial charge is 0.275 e. The highest BCUT2D eigenvalue weighted by Crippen LogP contribution is 2.18. The van der Waals surface area contributed by atoms with Crippen LogP contribution < -0.4 is 15.5 Å². The van der Waals surface area contributed by atoms with E-state index in [1.165, 1.54) is 26.0 Å². The summed E-state index contributed by atoms with van der Waals surface area (Å²) in [5.41, 5.74) is 1.46. The Bertz CT molecular complexity index is 768. The average Bonchev–Trinajstić information content (AvgIpc) is 2.91. The largest absolute Gasteiger partial charge is 0.355 e. The highest BCUT2D eigenvalue weighted by atomic mass is 16.2. The molecule has 7 nitrogen and oxygen atoms in total. The van der Waals surface area contributed by atoms with E-state index in [2.05, 4.69) is 25.5 Å². The maximum absolute atomic E-state index is 12.4. The molecule has 2 aromatic rings. The Morgan fingerprint density at radius 1 is 0.962 bits per heavy atom. The molecule has 1 fully saturated rings. The first-order valence-corrected chi connectivity index (χ1v) is 8.88. The Balaban J connectivity index is 1.65. The Morgan fingerprint density at radius 2 is 1.65 bits per heavy atom. The number of benzene rings is 1. The minimum Gasteiger partial charge on any atom is -0.355 e. The lowest BCUT2D eigenvalue weighted by molar-refractivity contribution is -0.114. The molecule has 0 radical (unpaired) electrons. The topological polar surface area (TPSA) is 87.2 Å². The van der Waals surface area contributed by atoms with E-state index in [4.69, 9.17) is 0 Å². The summed E-state index contributed by atoms with van der Waals surface area (Å²) < 4.78 is 0. The van der Waals surface area contributed by atoms with Crippen molar-refractivity contribution in [3.05, 3.63) is 42.4 Å². The van der Waals surface area contributed by atoms with Crippen molar-refractivity contribution in [1.82, 2.24) is 9.97 Å². The minimum absolute atomic E-state index is 0.163. The first-order valence-electron chi connectivity index (χ1n) is 8.88. The number of anilines is 3. The Labute approximate surface area is 152 Å². The lowest BCUT2D eigenvalue weighted by Crippen LogP contribution is -2.25. The number of hydrogen-bond acceptors (Lipinski definition) is 5. The summed E-state index contributed by atoms with van der Waals surface area (Å²) in [4.78, 5) is 34.4. The van der Waals surface area contributed by atoms with E-state index >= 15 is 0 Å². The van der Waals surface area contributed by atoms with Crippen LogP contribution in [0, 0.1) is 0 Å². The van der Waals surface area contributed by atoms with E-state index in [1.54, 1.807) is 30.5 Å². The van der Waals surface area contributed by atoms with E-state index in [0.717, 1.165) is 31.7 Å². The van der Waals surface area contributed by atoms with Crippen LogP contribution in [0.25, 0.3) is 0 Å². The summed E-state index contributed by atoms with van der Waals surface area (Å²) in [6.45, 7) is 3.40. The second kappa shape index (κ2) is 8.42. The van der Waals surface area contributed by atoms with Gasteiger partial charge in [-0.15, -0.1) is 0 Å². The number of nitrogens with zero attached hydrogens (tertiary/aromatic N) is 3. The van der Waals surface area contributed by atoms with E-state index in [9.17, 15) is 9.59 Å². The molecule has 3 rings (SSSR count). The Morgan fingerprint density at radius 3 is 2.27 bits per heavy atom. The molecular formula is C19H23N5O2. The van der Waals surface area contributed by atoms with Crippen LogP contribution in [-0.2, 0) is 4.79 Å². The van der Waals surface area contributed by atoms with Gasteiger partial charge in [-0.2, -0.15) is 0 Å². The van der Waals surface area contributed by atoms with Gasteiger partial charge in [0.15, 0.2) is 0 Å². The number of carbonyl (C=O) groups is 2. The van der Waals surface area contributed by atoms with E-state index in [1.807, 2.05) is 0 Å². The van der Waals surface area contributed by atoms with Gasteiger partial charge in [0, 0.05) is 31.4 Å². The van der Waals surface area contributed by atoms with E-state index in [0.29, 0.717) is 11.4 Å². The normalized spacial score (nSPS) is 14.4. The van der Waals surface area contributed by atoms with Gasteiger partial charge in [-0.25, -0.2) is 9.97 Å². The Kier molecular flexibility index (Phi) is 5.78. The van der Waals surface area contributed by atoms with Crippen LogP contribution in [0.4, 0.5) is 17.2 Å². The van der Waals surface area contributed by atoms with Crippen LogP contribution >= 0.6 is 0 Å². The van der Waals surface area contributed by atoms with Gasteiger partial charge in [-0.05, 0) is 31.0 Å². The molecule has 1 aliphatic rings. The van der Waals surface area contributed by atoms with Crippen molar-refractivity contribution in [3.63, 3.8) is 0 Å². The molecule has 0 spiro atoms. The van der Waals surface area contributed by atoms with Crippen molar-refractivity contribution in [2.24, 2.45) is 0 Å². The molecule has 0 bridgehead atoms. The molecule has 1 aromatic heterocycles. The molecule has 0 aliphatic carbocycles. The van der Waals surface area contributed by atoms with Gasteiger partial charge < -0.3 is 15.5 Å². The first kappa shape index (κ1) is 17.8. The van der Waals surface area contributed by atoms with Gasteiger partial charge in [0.05, 0.1) is 12.4 Å². The van der Waals surface area contributed by atoms with Gasteiger partial charge in [0.25, 0.3) is 5.91 Å². The zero-order chi connectivity index (χ0) is 18.4. The minimum atomic E-state index is -0.333. The van der Waals surface area contributed by atoms with Crippen molar-refractivity contribution in [1.29, 1.82) is 0 Å². The van der Waals surface area contributed by atoms with Gasteiger partial charge >= 0.3 is 0 Å².